The Labute approximate surface area is 888 Å². The maximum absolute atomic E-state index is 14.0. The van der Waals surface area contributed by atoms with E-state index in [1.807, 2.05) is 11.8 Å². The second-order valence-corrected chi connectivity index (χ2v) is 27.4. The molecule has 0 heterocycles. The number of aliphatic hydroxyl groups is 5. The summed E-state index contributed by atoms with van der Waals surface area (Å²) in [6, 6.07) is -2.20. The standard InChI is InChI=1S/5C22H31NO3/c5*1-3-23(4-2)17-11-12-18-26-21(24)22(25,19-13-7-5-8-14-19)20-15-9-6-10-16-20/h5*5,7-8,13-14,20,25H,3-4,6,9-10,15-18H2,1-2H3/i1D3,2D3,3D2,4D2,5D,6D2,7D,8D,9D2,10D2,13D,14D,15D2,16D2,18D2,20D;3D2,4D2,6D2,9D2,10D2,15D2,16D2,17D2,18D2,20D;1D3,2D3,3D2,4D2,5D,7D,8D,13D,14D,18D2;5D,7D,8D,13D,14D,17D2,18D2;17D2,18D2. The minimum Gasteiger partial charge on any atom is -0.450 e. The SMILES string of the molecule is [2H]C([2H])(C#CC([2H])([2H])N(C([2H])([2H])C)C([2H])([2H])C)OC(=O)C(O)(c1ccccc1)C1([2H])C([2H])([2H])C([2H])([2H])C([2H])([2H])C([2H])([2H])C1([2H])[2H].[2H]C([2H])(C#CC([2H])([2H])N(CC)CC)OC(=O)C(O)(c1ccccc1)C1CCCCC1.[2H]c1c([2H])c([2H])c(C(O)(C(=O)OC([2H])([2H])C#CC([2H])([2H])N(CC)CC)C2CCCCC2)c([2H])c1[2H].[2H]c1c([2H])c([2H])c(C(O)(C(=O)OC([2H])([2H])C#CCN(C([2H])([2H])C([2H])([2H])[2H])C([2H])([2H])C([2H])([2H])[2H])C2([2H])C([2H])([2H])C([2H])([2H])C([2H])([2H])C([2H])([2H])C2([2H])[2H])c([2H])c1[2H].[2H]c1c([2H])c([2H])c(C(O)(C(=O)OC([2H])([2H])C#CCN(C([2H])([2H])C([2H])([2H])[2H])C([2H])([2H])C([2H])([2H])[2H])C2CCCCC2)c([2H])c1[2H]. The molecule has 0 aromatic heterocycles. The van der Waals surface area contributed by atoms with Gasteiger partial charge in [-0.25, -0.2) is 24.0 Å². The van der Waals surface area contributed by atoms with Gasteiger partial charge in [-0.05, 0) is 157 Å². The molecular weight excluding hydrogens is 1630 g/mol. The summed E-state index contributed by atoms with van der Waals surface area (Å²) < 4.78 is 640. The third-order valence-corrected chi connectivity index (χ3v) is 19.8. The topological polar surface area (TPSA) is 249 Å². The maximum Gasteiger partial charge on any atom is 0.344 e. The van der Waals surface area contributed by atoms with Crippen molar-refractivity contribution in [3.05, 3.63) is 179 Å². The number of carbonyl (C=O) groups excluding carboxylic acids is 5. The molecule has 0 amide bonds. The molecule has 5 N–H and O–H groups in total. The van der Waals surface area contributed by atoms with Gasteiger partial charge in [-0.1, -0.05) is 375 Å². The monoisotopic (exact) mass is 1860 g/mol. The van der Waals surface area contributed by atoms with Crippen molar-refractivity contribution in [1.82, 2.24) is 24.5 Å². The Morgan fingerprint density at radius 2 is 0.592 bits per heavy atom. The highest BCUT2D eigenvalue weighted by Gasteiger charge is 2.52. The Hall–Kier alpha value is -9.15. The maximum atomic E-state index is 14.0. The zero-order valence-electron chi connectivity index (χ0n) is 149. The Morgan fingerprint density at radius 1 is 0.338 bits per heavy atom. The van der Waals surface area contributed by atoms with E-state index in [0.717, 1.165) is 70.2 Å². The molecule has 5 aliphatic rings. The molecule has 5 aliphatic carbocycles. The van der Waals surface area contributed by atoms with E-state index in [2.05, 4.69) is 27.2 Å². The van der Waals surface area contributed by atoms with Crippen molar-refractivity contribution >= 4 is 29.8 Å². The summed E-state index contributed by atoms with van der Waals surface area (Å²) in [5.41, 5.74) is -20.8. The highest BCUT2D eigenvalue weighted by Crippen LogP contribution is 2.46. The second-order valence-electron chi connectivity index (χ2n) is 27.4. The van der Waals surface area contributed by atoms with Gasteiger partial charge >= 0.3 is 29.8 Å². The first-order valence-electron chi connectivity index (χ1n) is 79.0. The minimum atomic E-state index is -4.97. The molecule has 130 heavy (non-hydrogen) atoms. The summed E-state index contributed by atoms with van der Waals surface area (Å²) in [5, 5.41) is 59.0. The van der Waals surface area contributed by atoms with E-state index in [1.54, 1.807) is 75.8 Å². The fourth-order valence-corrected chi connectivity index (χ4v) is 12.9. The summed E-state index contributed by atoms with van der Waals surface area (Å²) in [7, 11) is 0. The van der Waals surface area contributed by atoms with Crippen LogP contribution in [0.15, 0.2) is 151 Å². The van der Waals surface area contributed by atoms with Crippen LogP contribution >= 0.6 is 0 Å². The van der Waals surface area contributed by atoms with Gasteiger partial charge in [-0.15, -0.1) is 0 Å². The fourth-order valence-electron chi connectivity index (χ4n) is 12.9. The van der Waals surface area contributed by atoms with Crippen molar-refractivity contribution in [1.29, 1.82) is 0 Å². The molecule has 10 rings (SSSR count). The molecule has 5 saturated carbocycles. The number of esters is 5. The quantitative estimate of drug-likeness (QED) is 0.0144. The van der Waals surface area contributed by atoms with E-state index < -0.39 is 395 Å². The predicted octanol–water partition coefficient (Wildman–Crippen LogP) is 16.7. The van der Waals surface area contributed by atoms with Gasteiger partial charge in [0.15, 0.2) is 60.8 Å². The van der Waals surface area contributed by atoms with Gasteiger partial charge in [0.2, 0.25) is 0 Å². The van der Waals surface area contributed by atoms with Gasteiger partial charge in [-0.2, -0.15) is 0 Å². The summed E-state index contributed by atoms with van der Waals surface area (Å²) in [4.78, 5) is 69.7. The average Bonchev–Trinajstić information content (AvgIpc) is 0.639. The van der Waals surface area contributed by atoms with E-state index in [0.29, 0.717) is 83.1 Å². The molecule has 0 radical (unpaired) electrons. The Kier molecular flexibility index (Phi) is 20.0. The molecule has 0 bridgehead atoms. The molecular formula is C110H155N5O15. The van der Waals surface area contributed by atoms with Crippen LogP contribution < -0.4 is 0 Å². The van der Waals surface area contributed by atoms with Crippen LogP contribution in [0.2, 0.25) is 0 Å². The first kappa shape index (κ1) is 42.2. The van der Waals surface area contributed by atoms with Gasteiger partial charge in [-0.3, -0.25) is 24.5 Å². The molecule has 5 aromatic rings. The van der Waals surface area contributed by atoms with Crippen LogP contribution in [0.1, 0.15) is 362 Å². The molecule has 5 aromatic carbocycles. The highest BCUT2D eigenvalue weighted by molar-refractivity contribution is 5.84. The average molecular weight is 1860 g/mol. The van der Waals surface area contributed by atoms with Crippen LogP contribution in [0.3, 0.4) is 0 Å². The first-order valence-corrected chi connectivity index (χ1v) is 40.5. The van der Waals surface area contributed by atoms with E-state index in [9.17, 15) is 49.5 Å². The van der Waals surface area contributed by atoms with Crippen molar-refractivity contribution < 1.29 is 179 Å². The molecule has 5 fully saturated rings. The first-order chi connectivity index (χ1) is 92.4. The highest BCUT2D eigenvalue weighted by atomic mass is 16.6. The van der Waals surface area contributed by atoms with Gasteiger partial charge in [0.05, 0.1) is 75.1 Å². The summed E-state index contributed by atoms with van der Waals surface area (Å²) in [6.07, 6.45) is -34.8. The third-order valence-electron chi connectivity index (χ3n) is 19.8. The summed E-state index contributed by atoms with van der Waals surface area (Å²) >= 11 is 0. The number of hydrogen-bond acceptors (Lipinski definition) is 20. The lowest BCUT2D eigenvalue weighted by atomic mass is 9.73. The number of hydrogen-bond donors (Lipinski definition) is 5. The lowest BCUT2D eigenvalue weighted by molar-refractivity contribution is -0.174. The zero-order valence-corrected chi connectivity index (χ0v) is 71.9. The molecule has 5 unspecified atom stereocenters. The number of benzene rings is 5. The Bertz CT molecular complexity index is 8110. The van der Waals surface area contributed by atoms with Crippen molar-refractivity contribution in [3.63, 3.8) is 0 Å². The van der Waals surface area contributed by atoms with Crippen molar-refractivity contribution in [2.24, 2.45) is 29.5 Å². The third kappa shape index (κ3) is 33.8. The van der Waals surface area contributed by atoms with Crippen molar-refractivity contribution in [3.8, 4) is 59.2 Å². The van der Waals surface area contributed by atoms with Crippen LogP contribution in [0, 0.1) is 88.7 Å². The van der Waals surface area contributed by atoms with Gasteiger partial charge < -0.3 is 49.2 Å². The number of carbonyl (C=O) groups is 5. The molecule has 0 spiro atoms. The number of ether oxygens (including phenoxy) is 5. The largest absolute Gasteiger partial charge is 0.450 e. The fraction of sp³-hybridized carbons (Fsp3) is 0.591. The van der Waals surface area contributed by atoms with E-state index in [1.165, 1.54) is 27.7 Å². The van der Waals surface area contributed by atoms with Gasteiger partial charge in [0, 0.05) is 92.6 Å². The van der Waals surface area contributed by atoms with Crippen LogP contribution in [-0.4, -0.2) is 210 Å². The lowest BCUT2D eigenvalue weighted by Crippen LogP contribution is -2.45. The summed E-state index contributed by atoms with van der Waals surface area (Å²) in [5.74, 6) is -3.13. The van der Waals surface area contributed by atoms with Crippen molar-refractivity contribution in [2.45, 2.75) is 257 Å². The van der Waals surface area contributed by atoms with E-state index in [-0.39, 0.29) is 28.6 Å². The number of nitrogens with zero attached hydrogens (tertiary/aromatic N) is 5. The minimum absolute atomic E-state index is 0.0137. The van der Waals surface area contributed by atoms with Crippen molar-refractivity contribution in [2.75, 3.05) is 131 Å². The van der Waals surface area contributed by atoms with Gasteiger partial charge in [0.25, 0.3) is 0 Å². The van der Waals surface area contributed by atoms with Crippen LogP contribution in [0.5, 0.6) is 0 Å². The zero-order chi connectivity index (χ0) is 162. The smallest absolute Gasteiger partial charge is 0.344 e. The van der Waals surface area contributed by atoms with E-state index >= 15 is 0 Å². The molecule has 20 heteroatoms. The molecule has 710 valence electrons. The van der Waals surface area contributed by atoms with Crippen LogP contribution in [0.4, 0.5) is 0 Å². The second kappa shape index (κ2) is 61.5. The molecule has 0 saturated heterocycles. The Morgan fingerprint density at radius 3 is 0.877 bits per heavy atom. The van der Waals surface area contributed by atoms with Crippen LogP contribution in [-0.2, 0) is 75.7 Å². The number of rotatable bonds is 35. The normalized spacial score (nSPS) is 32.2. The summed E-state index contributed by atoms with van der Waals surface area (Å²) in [6.45, 7) is -52.6. The predicted molar refractivity (Wildman–Crippen MR) is 517 cm³/mol. The lowest BCUT2D eigenvalue weighted by Gasteiger charge is -2.36. The van der Waals surface area contributed by atoms with Crippen LogP contribution in [0.25, 0.3) is 0 Å². The molecule has 5 atom stereocenters. The Balaban J connectivity index is 0.000000393. The van der Waals surface area contributed by atoms with E-state index in [4.69, 9.17) is 120 Å². The van der Waals surface area contributed by atoms with Gasteiger partial charge in [0.1, 0.15) is 0 Å². The molecule has 0 aliphatic heterocycles. The molecule has 20 nitrogen and oxygen atoms in total.